The first-order valence-corrected chi connectivity index (χ1v) is 16.5. The molecule has 238 valence electrons. The topological polar surface area (TPSA) is 120 Å². The van der Waals surface area contributed by atoms with Crippen molar-refractivity contribution in [1.82, 2.24) is 29.4 Å². The lowest BCUT2D eigenvalue weighted by molar-refractivity contribution is -0.133. The maximum atomic E-state index is 12.9. The van der Waals surface area contributed by atoms with Gasteiger partial charge in [0.15, 0.2) is 5.65 Å². The van der Waals surface area contributed by atoms with E-state index in [2.05, 4.69) is 59.6 Å². The number of piperidine rings is 1. The third kappa shape index (κ3) is 7.18. The number of rotatable bonds is 10. The molecule has 0 spiro atoms. The summed E-state index contributed by atoms with van der Waals surface area (Å²) >= 11 is 1.79. The van der Waals surface area contributed by atoms with E-state index in [-0.39, 0.29) is 12.0 Å². The number of ether oxygens (including phenoxy) is 1. The molecule has 0 radical (unpaired) electrons. The number of benzene rings is 2. The number of aliphatic hydroxyl groups excluding tert-OH is 1. The van der Waals surface area contributed by atoms with Gasteiger partial charge >= 0.3 is 0 Å². The Morgan fingerprint density at radius 3 is 2.60 bits per heavy atom. The second kappa shape index (κ2) is 13.6. The van der Waals surface area contributed by atoms with Gasteiger partial charge in [-0.3, -0.25) is 9.69 Å². The van der Waals surface area contributed by atoms with Gasteiger partial charge in [-0.1, -0.05) is 26.0 Å². The fraction of sp³-hybridized carbons (Fsp3) is 0.455. The summed E-state index contributed by atoms with van der Waals surface area (Å²) in [5.74, 6) is 2.19. The molecule has 0 aliphatic carbocycles. The molecule has 1 unspecified atom stereocenters. The average molecular weight is 631 g/mol. The van der Waals surface area contributed by atoms with Gasteiger partial charge in [0.1, 0.15) is 5.75 Å². The second-order valence-electron chi connectivity index (χ2n) is 12.1. The summed E-state index contributed by atoms with van der Waals surface area (Å²) in [5, 5.41) is 21.5. The maximum absolute atomic E-state index is 12.9. The molecule has 12 heteroatoms. The molecule has 0 bridgehead atoms. The smallest absolute Gasteiger partial charge is 0.236 e. The highest BCUT2D eigenvalue weighted by atomic mass is 32.2. The minimum absolute atomic E-state index is 0.155. The third-order valence-electron chi connectivity index (χ3n) is 8.48. The zero-order valence-electron chi connectivity index (χ0n) is 26.4. The Morgan fingerprint density at radius 2 is 1.87 bits per heavy atom. The summed E-state index contributed by atoms with van der Waals surface area (Å²) in [7, 11) is 1.67. The monoisotopic (exact) mass is 630 g/mol. The SMILES string of the molecule is COc1cc(C2CCN(C(=O)CN3CCC(O)C3)CC2)c(C)cc1Nc1nc(Nc2ccccc2SC(C)C)n2nccc2n1. The highest BCUT2D eigenvalue weighted by molar-refractivity contribution is 8.00. The van der Waals surface area contributed by atoms with E-state index in [4.69, 9.17) is 14.7 Å². The van der Waals surface area contributed by atoms with Crippen LogP contribution in [0.1, 0.15) is 50.2 Å². The number of hydrogen-bond acceptors (Lipinski definition) is 10. The van der Waals surface area contributed by atoms with Crippen molar-refractivity contribution >= 4 is 46.6 Å². The normalized spacial score (nSPS) is 17.7. The summed E-state index contributed by atoms with van der Waals surface area (Å²) < 4.78 is 7.55. The van der Waals surface area contributed by atoms with E-state index in [0.29, 0.717) is 47.6 Å². The van der Waals surface area contributed by atoms with Crippen molar-refractivity contribution in [2.75, 3.05) is 50.5 Å². The Morgan fingerprint density at radius 1 is 1.07 bits per heavy atom. The fourth-order valence-electron chi connectivity index (χ4n) is 6.23. The molecule has 2 fully saturated rings. The largest absolute Gasteiger partial charge is 0.495 e. The van der Waals surface area contributed by atoms with Crippen molar-refractivity contribution in [3.63, 3.8) is 0 Å². The quantitative estimate of drug-likeness (QED) is 0.202. The molecule has 1 amide bonds. The number of fused-ring (bicyclic) bond motifs is 1. The van der Waals surface area contributed by atoms with Crippen LogP contribution in [0.5, 0.6) is 5.75 Å². The number of methoxy groups -OCH3 is 1. The fourth-order valence-corrected chi connectivity index (χ4v) is 7.14. The van der Waals surface area contributed by atoms with Crippen molar-refractivity contribution in [3.8, 4) is 5.75 Å². The van der Waals surface area contributed by atoms with Crippen molar-refractivity contribution in [1.29, 1.82) is 0 Å². The van der Waals surface area contributed by atoms with E-state index in [1.807, 2.05) is 29.2 Å². The highest BCUT2D eigenvalue weighted by Crippen LogP contribution is 2.38. The van der Waals surface area contributed by atoms with Gasteiger partial charge in [-0.2, -0.15) is 19.6 Å². The first-order chi connectivity index (χ1) is 21.8. The number of thioether (sulfide) groups is 1. The van der Waals surface area contributed by atoms with Crippen LogP contribution in [-0.4, -0.2) is 91.6 Å². The van der Waals surface area contributed by atoms with Gasteiger partial charge in [0.2, 0.25) is 17.8 Å². The first kappa shape index (κ1) is 31.1. The molecule has 0 saturated carbocycles. The lowest BCUT2D eigenvalue weighted by atomic mass is 9.86. The van der Waals surface area contributed by atoms with E-state index < -0.39 is 0 Å². The minimum Gasteiger partial charge on any atom is -0.495 e. The molecular weight excluding hydrogens is 588 g/mol. The number of amides is 1. The van der Waals surface area contributed by atoms with Gasteiger partial charge in [-0.05, 0) is 67.5 Å². The van der Waals surface area contributed by atoms with Crippen LogP contribution in [-0.2, 0) is 4.79 Å². The highest BCUT2D eigenvalue weighted by Gasteiger charge is 2.28. The Kier molecular flexibility index (Phi) is 9.43. The van der Waals surface area contributed by atoms with Crippen LogP contribution in [0.2, 0.25) is 0 Å². The molecule has 11 nitrogen and oxygen atoms in total. The zero-order chi connectivity index (χ0) is 31.5. The van der Waals surface area contributed by atoms with Gasteiger partial charge in [0, 0.05) is 42.4 Å². The Hall–Kier alpha value is -3.87. The second-order valence-corrected chi connectivity index (χ2v) is 13.7. The number of para-hydroxylation sites is 1. The van der Waals surface area contributed by atoms with Gasteiger partial charge in [-0.25, -0.2) is 0 Å². The molecule has 1 atom stereocenters. The molecule has 2 aromatic carbocycles. The van der Waals surface area contributed by atoms with Crippen molar-refractivity contribution in [2.24, 2.45) is 0 Å². The third-order valence-corrected chi connectivity index (χ3v) is 9.56. The standard InChI is InChI=1S/C33H42N8O3S/c1-21(2)45-29-8-6-5-7-26(29)36-33-38-32(37-30-9-13-34-41(30)33)35-27-17-22(3)25(18-28(27)44-4)23-10-15-40(16-11-23)31(43)20-39-14-12-24(42)19-39/h5-9,13,17-18,21,23-24,42H,10-12,14-16,19-20H2,1-4H3,(H2,35,36,37,38). The lowest BCUT2D eigenvalue weighted by Gasteiger charge is -2.34. The van der Waals surface area contributed by atoms with E-state index in [0.717, 1.165) is 60.7 Å². The van der Waals surface area contributed by atoms with Gasteiger partial charge in [0.05, 0.1) is 37.3 Å². The molecule has 4 heterocycles. The van der Waals surface area contributed by atoms with Crippen LogP contribution in [0, 0.1) is 6.92 Å². The van der Waals surface area contributed by atoms with Crippen LogP contribution in [0.3, 0.4) is 0 Å². The number of carbonyl (C=O) groups excluding carboxylic acids is 1. The predicted octanol–water partition coefficient (Wildman–Crippen LogP) is 5.20. The van der Waals surface area contributed by atoms with E-state index in [1.165, 1.54) is 5.56 Å². The van der Waals surface area contributed by atoms with Crippen LogP contribution in [0.25, 0.3) is 5.65 Å². The number of aromatic nitrogens is 4. The van der Waals surface area contributed by atoms with E-state index in [9.17, 15) is 9.90 Å². The summed E-state index contributed by atoms with van der Waals surface area (Å²) in [4.78, 5) is 27.6. The maximum Gasteiger partial charge on any atom is 0.236 e. The Labute approximate surface area is 268 Å². The van der Waals surface area contributed by atoms with Crippen molar-refractivity contribution in [2.45, 2.75) is 62.2 Å². The molecule has 6 rings (SSSR count). The molecule has 2 aliphatic heterocycles. The summed E-state index contributed by atoms with van der Waals surface area (Å²) in [5.41, 5.74) is 4.79. The Balaban J connectivity index is 1.18. The molecule has 3 N–H and O–H groups in total. The number of aliphatic hydroxyl groups is 1. The number of nitrogens with one attached hydrogen (secondary N) is 2. The number of β-amino-alcohol motifs (C(OH)–C–C–N with tert-alkyl or cyclic N) is 1. The number of anilines is 4. The van der Waals surface area contributed by atoms with Crippen molar-refractivity contribution < 1.29 is 14.6 Å². The molecule has 2 aliphatic rings. The Bertz CT molecular complexity index is 1650. The van der Waals surface area contributed by atoms with Crippen LogP contribution < -0.4 is 15.4 Å². The molecule has 2 saturated heterocycles. The minimum atomic E-state index is -0.311. The molecule has 4 aromatic rings. The number of aryl methyl sites for hydroxylation is 1. The van der Waals surface area contributed by atoms with E-state index in [1.54, 1.807) is 29.6 Å². The van der Waals surface area contributed by atoms with Gasteiger partial charge < -0.3 is 25.4 Å². The number of carbonyl (C=O) groups is 1. The summed E-state index contributed by atoms with van der Waals surface area (Å²) in [6, 6.07) is 14.2. The van der Waals surface area contributed by atoms with Crippen LogP contribution in [0.4, 0.5) is 23.3 Å². The lowest BCUT2D eigenvalue weighted by Crippen LogP contribution is -2.43. The average Bonchev–Trinajstić information content (AvgIpc) is 3.67. The zero-order valence-corrected chi connectivity index (χ0v) is 27.2. The number of likely N-dealkylation sites (tertiary alicyclic amines) is 2. The van der Waals surface area contributed by atoms with Crippen LogP contribution >= 0.6 is 11.8 Å². The first-order valence-electron chi connectivity index (χ1n) is 15.7. The number of nitrogens with zero attached hydrogens (tertiary/aromatic N) is 6. The number of hydrogen-bond donors (Lipinski definition) is 3. The van der Waals surface area contributed by atoms with Gasteiger partial charge in [0.25, 0.3) is 0 Å². The van der Waals surface area contributed by atoms with Gasteiger partial charge in [-0.15, -0.1) is 11.8 Å². The van der Waals surface area contributed by atoms with Crippen LogP contribution in [0.15, 0.2) is 53.6 Å². The van der Waals surface area contributed by atoms with E-state index >= 15 is 0 Å². The predicted molar refractivity (Wildman–Crippen MR) is 178 cm³/mol. The van der Waals surface area contributed by atoms with Crippen molar-refractivity contribution in [3.05, 3.63) is 59.8 Å². The summed E-state index contributed by atoms with van der Waals surface area (Å²) in [6.45, 7) is 9.70. The molecule has 45 heavy (non-hydrogen) atoms. The molecule has 2 aromatic heterocycles. The molecular formula is C33H42N8O3S. The summed E-state index contributed by atoms with van der Waals surface area (Å²) in [6.07, 6.45) is 3.95.